The van der Waals surface area contributed by atoms with Crippen LogP contribution in [0.15, 0.2) is 0 Å². The maximum Gasteiger partial charge on any atom is 0.332 e. The Labute approximate surface area is 87.9 Å². The fraction of sp³-hybridized carbons (Fsp3) is 0.778. The van der Waals surface area contributed by atoms with Gasteiger partial charge in [-0.05, 0) is 19.8 Å². The Balaban J connectivity index is 1.70. The Bertz CT molecular complexity index is 288. The molecule has 2 aliphatic rings. The van der Waals surface area contributed by atoms with E-state index in [4.69, 9.17) is 4.84 Å². The zero-order valence-electron chi connectivity index (χ0n) is 8.71. The van der Waals surface area contributed by atoms with Crippen LogP contribution in [0.25, 0.3) is 0 Å². The van der Waals surface area contributed by atoms with E-state index >= 15 is 0 Å². The summed E-state index contributed by atoms with van der Waals surface area (Å²) in [5.74, 6) is -0.445. The molecule has 6 nitrogen and oxygen atoms in total. The van der Waals surface area contributed by atoms with Gasteiger partial charge in [-0.2, -0.15) is 5.06 Å². The number of nitrogens with zero attached hydrogens (tertiary/aromatic N) is 1. The minimum absolute atomic E-state index is 0.0998. The average molecular weight is 213 g/mol. The highest BCUT2D eigenvalue weighted by Gasteiger charge is 2.36. The van der Waals surface area contributed by atoms with Gasteiger partial charge in [-0.15, -0.1) is 0 Å². The van der Waals surface area contributed by atoms with Gasteiger partial charge in [0, 0.05) is 6.42 Å². The topological polar surface area (TPSA) is 90.5 Å². The van der Waals surface area contributed by atoms with E-state index in [1.165, 1.54) is 5.06 Å². The van der Waals surface area contributed by atoms with Crippen LogP contribution in [0, 0.1) is 0 Å². The monoisotopic (exact) mass is 213 g/mol. The summed E-state index contributed by atoms with van der Waals surface area (Å²) < 4.78 is 0. The molecule has 0 spiro atoms. The number of hydrogen-bond acceptors (Lipinski definition) is 5. The lowest BCUT2D eigenvalue weighted by atomic mass is 10.1. The third kappa shape index (κ3) is 2.66. The van der Waals surface area contributed by atoms with Crippen molar-refractivity contribution >= 4 is 11.9 Å². The molecule has 0 saturated carbocycles. The molecule has 0 unspecified atom stereocenters. The fourth-order valence-corrected chi connectivity index (χ4v) is 1.47. The quantitative estimate of drug-likeness (QED) is 0.624. The first kappa shape index (κ1) is 10.4. The highest BCUT2D eigenvalue weighted by Crippen LogP contribution is 2.17. The van der Waals surface area contributed by atoms with Gasteiger partial charge >= 0.3 is 5.97 Å². The molecule has 1 amide bonds. The van der Waals surface area contributed by atoms with Crippen molar-refractivity contribution in [2.24, 2.45) is 0 Å². The largest absolute Gasteiger partial charge is 0.338 e. The zero-order valence-corrected chi connectivity index (χ0v) is 8.71. The summed E-state index contributed by atoms with van der Waals surface area (Å²) in [5, 5.41) is 1.17. The summed E-state index contributed by atoms with van der Waals surface area (Å²) in [5.41, 5.74) is 5.73. The molecule has 0 aliphatic carbocycles. The van der Waals surface area contributed by atoms with Crippen molar-refractivity contribution in [2.75, 3.05) is 6.54 Å². The predicted molar refractivity (Wildman–Crippen MR) is 50.9 cm³/mol. The molecule has 0 aromatic carbocycles. The number of hydroxylamine groups is 2. The van der Waals surface area contributed by atoms with Crippen LogP contribution in [-0.2, 0) is 14.4 Å². The molecule has 0 atom stereocenters. The smallest absolute Gasteiger partial charge is 0.332 e. The Morgan fingerprint density at radius 3 is 2.87 bits per heavy atom. The Morgan fingerprint density at radius 1 is 1.60 bits per heavy atom. The van der Waals surface area contributed by atoms with Crippen LogP contribution in [0.2, 0.25) is 0 Å². The summed E-state index contributed by atoms with van der Waals surface area (Å²) in [4.78, 5) is 27.4. The minimum Gasteiger partial charge on any atom is -0.338 e. The number of hydrogen-bond donors (Lipinski definition) is 2. The summed E-state index contributed by atoms with van der Waals surface area (Å²) in [6, 6.07) is 0. The van der Waals surface area contributed by atoms with Crippen LogP contribution in [0.1, 0.15) is 32.6 Å². The number of nitrogens with one attached hydrogen (secondary N) is 2. The van der Waals surface area contributed by atoms with Gasteiger partial charge in [0.1, 0.15) is 0 Å². The number of hydrazine groups is 1. The average Bonchev–Trinajstić information content (AvgIpc) is 2.80. The molecule has 2 fully saturated rings. The Kier molecular flexibility index (Phi) is 2.62. The van der Waals surface area contributed by atoms with Crippen molar-refractivity contribution in [3.63, 3.8) is 0 Å². The standard InChI is InChI=1S/C9H15N3O3/c1-9(10-11-9)5-4-8(14)15-12-6-2-3-7(12)13/h10-11H,2-6H2,1H3. The van der Waals surface area contributed by atoms with Gasteiger partial charge in [0.05, 0.1) is 18.6 Å². The van der Waals surface area contributed by atoms with Crippen LogP contribution in [0.5, 0.6) is 0 Å². The van der Waals surface area contributed by atoms with Gasteiger partial charge in [-0.3, -0.25) is 4.79 Å². The highest BCUT2D eigenvalue weighted by atomic mass is 16.7. The molecule has 0 aromatic heterocycles. The molecule has 2 aliphatic heterocycles. The van der Waals surface area contributed by atoms with Crippen molar-refractivity contribution in [2.45, 2.75) is 38.3 Å². The molecule has 2 heterocycles. The molecule has 2 rings (SSSR count). The lowest BCUT2D eigenvalue weighted by Gasteiger charge is -2.14. The first-order valence-electron chi connectivity index (χ1n) is 5.15. The molecule has 15 heavy (non-hydrogen) atoms. The summed E-state index contributed by atoms with van der Waals surface area (Å²) in [7, 11) is 0. The van der Waals surface area contributed by atoms with E-state index in [2.05, 4.69) is 10.9 Å². The van der Waals surface area contributed by atoms with Crippen LogP contribution in [-0.4, -0.2) is 29.1 Å². The van der Waals surface area contributed by atoms with Gasteiger partial charge in [0.25, 0.3) is 5.91 Å². The number of carbonyl (C=O) groups is 2. The molecule has 6 heteroatoms. The second kappa shape index (κ2) is 3.79. The highest BCUT2D eigenvalue weighted by molar-refractivity contribution is 5.79. The first-order valence-corrected chi connectivity index (χ1v) is 5.15. The van der Waals surface area contributed by atoms with E-state index in [0.29, 0.717) is 25.8 Å². The van der Waals surface area contributed by atoms with E-state index in [-0.39, 0.29) is 17.5 Å². The van der Waals surface area contributed by atoms with E-state index in [1.807, 2.05) is 6.92 Å². The summed E-state index contributed by atoms with van der Waals surface area (Å²) in [6.45, 7) is 2.49. The molecule has 0 bridgehead atoms. The van der Waals surface area contributed by atoms with E-state index in [1.54, 1.807) is 0 Å². The Morgan fingerprint density at radius 2 is 2.33 bits per heavy atom. The van der Waals surface area contributed by atoms with Gasteiger partial charge in [-0.25, -0.2) is 15.6 Å². The summed E-state index contributed by atoms with van der Waals surface area (Å²) in [6.07, 6.45) is 2.22. The lowest BCUT2D eigenvalue weighted by Crippen LogP contribution is -2.29. The van der Waals surface area contributed by atoms with Crippen LogP contribution in [0.4, 0.5) is 0 Å². The maximum atomic E-state index is 11.3. The van der Waals surface area contributed by atoms with Crippen molar-refractivity contribution in [1.29, 1.82) is 0 Å². The van der Waals surface area contributed by atoms with Crippen molar-refractivity contribution in [1.82, 2.24) is 15.9 Å². The fourth-order valence-electron chi connectivity index (χ4n) is 1.47. The molecular weight excluding hydrogens is 198 g/mol. The van der Waals surface area contributed by atoms with E-state index < -0.39 is 0 Å². The summed E-state index contributed by atoms with van der Waals surface area (Å²) >= 11 is 0. The normalized spacial score (nSPS) is 23.0. The number of carbonyl (C=O) groups excluding carboxylic acids is 2. The van der Waals surface area contributed by atoms with Gasteiger partial charge in [0.15, 0.2) is 0 Å². The second-order valence-corrected chi connectivity index (χ2v) is 4.14. The second-order valence-electron chi connectivity index (χ2n) is 4.14. The van der Waals surface area contributed by atoms with Crippen molar-refractivity contribution in [3.05, 3.63) is 0 Å². The number of amides is 1. The van der Waals surface area contributed by atoms with Crippen LogP contribution in [0.3, 0.4) is 0 Å². The predicted octanol–water partition coefficient (Wildman–Crippen LogP) is -0.329. The molecule has 0 aromatic rings. The van der Waals surface area contributed by atoms with Crippen molar-refractivity contribution in [3.8, 4) is 0 Å². The maximum absolute atomic E-state index is 11.3. The first-order chi connectivity index (χ1) is 7.09. The van der Waals surface area contributed by atoms with Gasteiger partial charge < -0.3 is 4.84 Å². The molecular formula is C9H15N3O3. The SMILES string of the molecule is CC1(CCC(=O)ON2CCCC2=O)NN1. The van der Waals surface area contributed by atoms with Crippen LogP contribution >= 0.6 is 0 Å². The third-order valence-electron chi connectivity index (χ3n) is 2.62. The molecule has 2 N–H and O–H groups in total. The number of rotatable bonds is 4. The molecule has 84 valence electrons. The van der Waals surface area contributed by atoms with E-state index in [0.717, 1.165) is 6.42 Å². The van der Waals surface area contributed by atoms with Gasteiger partial charge in [0.2, 0.25) is 0 Å². The third-order valence-corrected chi connectivity index (χ3v) is 2.62. The van der Waals surface area contributed by atoms with Crippen LogP contribution < -0.4 is 10.9 Å². The Hall–Kier alpha value is -1.14. The molecule has 0 radical (unpaired) electrons. The lowest BCUT2D eigenvalue weighted by molar-refractivity contribution is -0.193. The van der Waals surface area contributed by atoms with Crippen molar-refractivity contribution < 1.29 is 14.4 Å². The zero-order chi connectivity index (χ0) is 10.9. The van der Waals surface area contributed by atoms with E-state index in [9.17, 15) is 9.59 Å². The molecule has 2 saturated heterocycles. The minimum atomic E-state index is -0.345. The van der Waals surface area contributed by atoms with Gasteiger partial charge in [-0.1, -0.05) is 0 Å².